The standard InChI is InChI=1S/C16H17N3S/c1-16(2,3)12-8-6-11(7-9-12)14-17-15(19-18-14)13-5-4-10-20-13/h4-10H,1-3H3,(H,17,18,19). The van der Waals surface area contributed by atoms with Crippen molar-refractivity contribution in [3.05, 3.63) is 47.3 Å². The summed E-state index contributed by atoms with van der Waals surface area (Å²) in [7, 11) is 0. The van der Waals surface area contributed by atoms with Crippen LogP contribution < -0.4 is 0 Å². The summed E-state index contributed by atoms with van der Waals surface area (Å²) in [6.45, 7) is 6.64. The van der Waals surface area contributed by atoms with E-state index >= 15 is 0 Å². The summed E-state index contributed by atoms with van der Waals surface area (Å²) < 4.78 is 0. The van der Waals surface area contributed by atoms with Crippen LogP contribution in [0.4, 0.5) is 0 Å². The van der Waals surface area contributed by atoms with Crippen molar-refractivity contribution in [1.29, 1.82) is 0 Å². The van der Waals surface area contributed by atoms with Crippen molar-refractivity contribution in [1.82, 2.24) is 15.2 Å². The molecule has 0 aliphatic heterocycles. The highest BCUT2D eigenvalue weighted by Gasteiger charge is 2.14. The highest BCUT2D eigenvalue weighted by molar-refractivity contribution is 7.13. The van der Waals surface area contributed by atoms with Gasteiger partial charge in [-0.1, -0.05) is 51.1 Å². The first-order valence-corrected chi connectivity index (χ1v) is 7.49. The minimum absolute atomic E-state index is 0.166. The quantitative estimate of drug-likeness (QED) is 0.752. The minimum atomic E-state index is 0.166. The van der Waals surface area contributed by atoms with E-state index in [4.69, 9.17) is 0 Å². The predicted molar refractivity (Wildman–Crippen MR) is 83.8 cm³/mol. The van der Waals surface area contributed by atoms with E-state index in [1.807, 2.05) is 17.5 Å². The largest absolute Gasteiger partial charge is 0.258 e. The van der Waals surface area contributed by atoms with Crippen LogP contribution in [0.15, 0.2) is 41.8 Å². The van der Waals surface area contributed by atoms with E-state index in [-0.39, 0.29) is 5.41 Å². The van der Waals surface area contributed by atoms with Gasteiger partial charge in [0.1, 0.15) is 0 Å². The molecule has 0 fully saturated rings. The molecule has 0 bridgehead atoms. The topological polar surface area (TPSA) is 41.6 Å². The van der Waals surface area contributed by atoms with E-state index in [9.17, 15) is 0 Å². The maximum atomic E-state index is 4.56. The average Bonchev–Trinajstić information content (AvgIpc) is 3.09. The first-order chi connectivity index (χ1) is 9.54. The lowest BCUT2D eigenvalue weighted by Crippen LogP contribution is -2.10. The van der Waals surface area contributed by atoms with Gasteiger partial charge >= 0.3 is 0 Å². The zero-order valence-electron chi connectivity index (χ0n) is 11.8. The van der Waals surface area contributed by atoms with Crippen molar-refractivity contribution >= 4 is 11.3 Å². The van der Waals surface area contributed by atoms with Crippen molar-refractivity contribution in [3.8, 4) is 22.1 Å². The lowest BCUT2D eigenvalue weighted by atomic mass is 9.87. The third-order valence-electron chi connectivity index (χ3n) is 3.25. The molecule has 1 N–H and O–H groups in total. The fourth-order valence-corrected chi connectivity index (χ4v) is 2.70. The monoisotopic (exact) mass is 283 g/mol. The van der Waals surface area contributed by atoms with Gasteiger partial charge in [-0.15, -0.1) is 11.3 Å². The molecule has 2 aromatic heterocycles. The Balaban J connectivity index is 1.90. The van der Waals surface area contributed by atoms with Gasteiger partial charge in [0.25, 0.3) is 0 Å². The number of aromatic amines is 1. The molecule has 0 unspecified atom stereocenters. The highest BCUT2D eigenvalue weighted by atomic mass is 32.1. The zero-order valence-corrected chi connectivity index (χ0v) is 12.7. The molecule has 0 aliphatic carbocycles. The van der Waals surface area contributed by atoms with Gasteiger partial charge in [0.15, 0.2) is 11.6 Å². The molecule has 0 aliphatic rings. The van der Waals surface area contributed by atoms with E-state index < -0.39 is 0 Å². The van der Waals surface area contributed by atoms with Gasteiger partial charge in [-0.05, 0) is 22.4 Å². The molecule has 0 saturated carbocycles. The number of nitrogens with one attached hydrogen (secondary N) is 1. The first kappa shape index (κ1) is 13.1. The Morgan fingerprint density at radius 3 is 2.40 bits per heavy atom. The second-order valence-corrected chi connectivity index (χ2v) is 6.76. The lowest BCUT2D eigenvalue weighted by Gasteiger charge is -2.18. The summed E-state index contributed by atoms with van der Waals surface area (Å²) >= 11 is 1.66. The lowest BCUT2D eigenvalue weighted by molar-refractivity contribution is 0.590. The van der Waals surface area contributed by atoms with Gasteiger partial charge in [-0.2, -0.15) is 5.10 Å². The summed E-state index contributed by atoms with van der Waals surface area (Å²) in [5.74, 6) is 1.57. The number of aromatic nitrogens is 3. The maximum absolute atomic E-state index is 4.56. The number of rotatable bonds is 2. The summed E-state index contributed by atoms with van der Waals surface area (Å²) in [5, 5.41) is 9.34. The fraction of sp³-hybridized carbons (Fsp3) is 0.250. The molecule has 0 radical (unpaired) electrons. The highest BCUT2D eigenvalue weighted by Crippen LogP contribution is 2.26. The van der Waals surface area contributed by atoms with E-state index in [1.165, 1.54) is 5.56 Å². The number of hydrogen-bond acceptors (Lipinski definition) is 3. The van der Waals surface area contributed by atoms with Crippen molar-refractivity contribution in [3.63, 3.8) is 0 Å². The van der Waals surface area contributed by atoms with Crippen LogP contribution in [-0.2, 0) is 5.41 Å². The summed E-state index contributed by atoms with van der Waals surface area (Å²) in [6, 6.07) is 12.5. The molecule has 0 atom stereocenters. The van der Waals surface area contributed by atoms with Gasteiger partial charge in [-0.3, -0.25) is 5.10 Å². The molecule has 3 nitrogen and oxygen atoms in total. The number of nitrogens with zero attached hydrogens (tertiary/aromatic N) is 2. The van der Waals surface area contributed by atoms with Gasteiger partial charge in [0, 0.05) is 5.56 Å². The van der Waals surface area contributed by atoms with Crippen LogP contribution in [0.5, 0.6) is 0 Å². The Kier molecular flexibility index (Phi) is 3.18. The second-order valence-electron chi connectivity index (χ2n) is 5.81. The zero-order chi connectivity index (χ0) is 14.2. The molecule has 102 valence electrons. The SMILES string of the molecule is CC(C)(C)c1ccc(-c2n[nH]c(-c3cccs3)n2)cc1. The average molecular weight is 283 g/mol. The molecular weight excluding hydrogens is 266 g/mol. The Bertz CT molecular complexity index is 688. The molecule has 0 amide bonds. The molecule has 1 aromatic carbocycles. The Hall–Kier alpha value is -1.94. The normalized spacial score (nSPS) is 11.8. The molecule has 3 aromatic rings. The summed E-state index contributed by atoms with van der Waals surface area (Å²) in [4.78, 5) is 5.67. The molecule has 3 rings (SSSR count). The van der Waals surface area contributed by atoms with Gasteiger partial charge < -0.3 is 0 Å². The second kappa shape index (κ2) is 4.87. The van der Waals surface area contributed by atoms with Crippen LogP contribution in [0.2, 0.25) is 0 Å². The number of hydrogen-bond donors (Lipinski definition) is 1. The molecule has 2 heterocycles. The number of benzene rings is 1. The maximum Gasteiger partial charge on any atom is 0.181 e. The van der Waals surface area contributed by atoms with Crippen LogP contribution >= 0.6 is 11.3 Å². The third-order valence-corrected chi connectivity index (χ3v) is 4.13. The van der Waals surface area contributed by atoms with Crippen molar-refractivity contribution < 1.29 is 0 Å². The van der Waals surface area contributed by atoms with Crippen molar-refractivity contribution in [2.24, 2.45) is 0 Å². The Morgan fingerprint density at radius 1 is 1.05 bits per heavy atom. The van der Waals surface area contributed by atoms with Crippen LogP contribution in [-0.4, -0.2) is 15.2 Å². The predicted octanol–water partition coefficient (Wildman–Crippen LogP) is 4.50. The van der Waals surface area contributed by atoms with Crippen LogP contribution in [0.1, 0.15) is 26.3 Å². The first-order valence-electron chi connectivity index (χ1n) is 6.61. The van der Waals surface area contributed by atoms with Gasteiger partial charge in [0.05, 0.1) is 4.88 Å². The number of H-pyrrole nitrogens is 1. The van der Waals surface area contributed by atoms with Gasteiger partial charge in [-0.25, -0.2) is 4.98 Å². The van der Waals surface area contributed by atoms with E-state index in [0.717, 1.165) is 22.1 Å². The molecular formula is C16H17N3S. The molecule has 4 heteroatoms. The smallest absolute Gasteiger partial charge is 0.181 e. The van der Waals surface area contributed by atoms with Crippen LogP contribution in [0, 0.1) is 0 Å². The van der Waals surface area contributed by atoms with Crippen molar-refractivity contribution in [2.45, 2.75) is 26.2 Å². The Morgan fingerprint density at radius 2 is 1.80 bits per heavy atom. The summed E-state index contributed by atoms with van der Waals surface area (Å²) in [5.41, 5.74) is 2.52. The minimum Gasteiger partial charge on any atom is -0.258 e. The third kappa shape index (κ3) is 2.51. The van der Waals surface area contributed by atoms with Gasteiger partial charge in [0.2, 0.25) is 0 Å². The molecule has 0 saturated heterocycles. The van der Waals surface area contributed by atoms with E-state index in [2.05, 4.69) is 60.2 Å². The fourth-order valence-electron chi connectivity index (χ4n) is 2.03. The van der Waals surface area contributed by atoms with E-state index in [0.29, 0.717) is 0 Å². The van der Waals surface area contributed by atoms with Crippen LogP contribution in [0.3, 0.4) is 0 Å². The Labute approximate surface area is 122 Å². The molecule has 20 heavy (non-hydrogen) atoms. The number of thiophene rings is 1. The van der Waals surface area contributed by atoms with Crippen molar-refractivity contribution in [2.75, 3.05) is 0 Å². The van der Waals surface area contributed by atoms with E-state index in [1.54, 1.807) is 11.3 Å². The van der Waals surface area contributed by atoms with Crippen LogP contribution in [0.25, 0.3) is 22.1 Å². The summed E-state index contributed by atoms with van der Waals surface area (Å²) in [6.07, 6.45) is 0. The molecule has 0 spiro atoms.